The molecule has 5 heteroatoms. The van der Waals surface area contributed by atoms with Crippen LogP contribution in [-0.4, -0.2) is 90.3 Å². The average Bonchev–Trinajstić information content (AvgIpc) is 2.78. The van der Waals surface area contributed by atoms with Crippen LogP contribution in [0, 0.1) is 0 Å². The third-order valence-corrected chi connectivity index (χ3v) is 6.99. The molecule has 0 amide bonds. The quantitative estimate of drug-likeness (QED) is 0.126. The lowest BCUT2D eigenvalue weighted by molar-refractivity contribution is -0.929. The van der Waals surface area contributed by atoms with Crippen molar-refractivity contribution in [2.45, 2.75) is 110 Å². The van der Waals surface area contributed by atoms with Crippen molar-refractivity contribution >= 4 is 0 Å². The lowest BCUT2D eigenvalue weighted by Gasteiger charge is -2.39. The van der Waals surface area contributed by atoms with E-state index < -0.39 is 0 Å². The second kappa shape index (κ2) is 23.9. The Bertz CT molecular complexity index is 365. The lowest BCUT2D eigenvalue weighted by Crippen LogP contribution is -2.52. The SMILES string of the molecule is CCCCCCCCCC[N+](CCO)(CCCCCCCC)CCCN(CCO)CCO. The van der Waals surface area contributed by atoms with E-state index >= 15 is 0 Å². The normalized spacial score (nSPS) is 13.7. The van der Waals surface area contributed by atoms with Gasteiger partial charge in [0.15, 0.2) is 0 Å². The number of hydrogen-bond donors (Lipinski definition) is 3. The number of unbranched alkanes of at least 4 members (excludes halogenated alkanes) is 12. The zero-order valence-electron chi connectivity index (χ0n) is 21.9. The molecule has 0 aromatic carbocycles. The van der Waals surface area contributed by atoms with Crippen molar-refractivity contribution in [1.82, 2.24) is 4.90 Å². The van der Waals surface area contributed by atoms with Gasteiger partial charge in [-0.25, -0.2) is 0 Å². The molecule has 3 N–H and O–H groups in total. The Balaban J connectivity index is 4.63. The molecule has 0 aliphatic carbocycles. The van der Waals surface area contributed by atoms with Gasteiger partial charge in [-0.1, -0.05) is 78.1 Å². The summed E-state index contributed by atoms with van der Waals surface area (Å²) >= 11 is 0. The van der Waals surface area contributed by atoms with Gasteiger partial charge in [0.25, 0.3) is 0 Å². The summed E-state index contributed by atoms with van der Waals surface area (Å²) < 4.78 is 1.05. The Morgan fingerprint density at radius 2 is 0.844 bits per heavy atom. The molecule has 194 valence electrons. The number of hydrogen-bond acceptors (Lipinski definition) is 4. The van der Waals surface area contributed by atoms with Crippen LogP contribution >= 0.6 is 0 Å². The summed E-state index contributed by atoms with van der Waals surface area (Å²) in [6.45, 7) is 11.6. The van der Waals surface area contributed by atoms with Crippen molar-refractivity contribution in [2.24, 2.45) is 0 Å². The molecule has 0 bridgehead atoms. The minimum atomic E-state index is 0.145. The largest absolute Gasteiger partial charge is 0.395 e. The Morgan fingerprint density at radius 1 is 0.438 bits per heavy atom. The Morgan fingerprint density at radius 3 is 1.25 bits per heavy atom. The van der Waals surface area contributed by atoms with Crippen molar-refractivity contribution in [3.05, 3.63) is 0 Å². The highest BCUT2D eigenvalue weighted by Crippen LogP contribution is 2.17. The monoisotopic (exact) mass is 459 g/mol. The first-order chi connectivity index (χ1) is 15.7. The first kappa shape index (κ1) is 31.8. The van der Waals surface area contributed by atoms with E-state index in [1.54, 1.807) is 0 Å². The molecular formula is C27H59N2O3+. The van der Waals surface area contributed by atoms with Crippen LogP contribution < -0.4 is 0 Å². The maximum Gasteiger partial charge on any atom is 0.102 e. The third-order valence-electron chi connectivity index (χ3n) is 6.99. The highest BCUT2D eigenvalue weighted by Gasteiger charge is 2.26. The molecule has 0 aliphatic heterocycles. The Kier molecular flexibility index (Phi) is 23.8. The maximum absolute atomic E-state index is 9.88. The molecule has 32 heavy (non-hydrogen) atoms. The van der Waals surface area contributed by atoms with Crippen molar-refractivity contribution in [1.29, 1.82) is 0 Å². The van der Waals surface area contributed by atoms with Crippen LogP contribution in [-0.2, 0) is 0 Å². The van der Waals surface area contributed by atoms with Crippen LogP contribution in [0.25, 0.3) is 0 Å². The zero-order valence-corrected chi connectivity index (χ0v) is 21.9. The average molecular weight is 460 g/mol. The first-order valence-electron chi connectivity index (χ1n) is 14.1. The third kappa shape index (κ3) is 18.3. The Hall–Kier alpha value is -0.200. The second-order valence-corrected chi connectivity index (χ2v) is 9.84. The Labute approximate surface area is 200 Å². The summed E-state index contributed by atoms with van der Waals surface area (Å²) in [6, 6.07) is 0. The van der Waals surface area contributed by atoms with Crippen molar-refractivity contribution in [3.8, 4) is 0 Å². The first-order valence-corrected chi connectivity index (χ1v) is 14.1. The molecule has 5 nitrogen and oxygen atoms in total. The molecule has 0 spiro atoms. The number of quaternary nitrogens is 1. The van der Waals surface area contributed by atoms with E-state index in [9.17, 15) is 15.3 Å². The molecule has 0 saturated carbocycles. The molecule has 0 aromatic rings. The molecule has 1 unspecified atom stereocenters. The van der Waals surface area contributed by atoms with Gasteiger partial charge in [-0.15, -0.1) is 0 Å². The molecular weight excluding hydrogens is 400 g/mol. The van der Waals surface area contributed by atoms with Crippen LogP contribution in [0.5, 0.6) is 0 Å². The van der Waals surface area contributed by atoms with Gasteiger partial charge in [-0.2, -0.15) is 0 Å². The number of nitrogens with zero attached hydrogens (tertiary/aromatic N) is 2. The standard InChI is InChI=1S/C27H59N2O3/c1-3-5-7-9-11-12-14-16-22-29(24-27-32,21-15-13-10-8-6-4-2)23-17-18-28(19-25-30)20-26-31/h30-32H,3-27H2,1-2H3/q+1. The predicted molar refractivity (Wildman–Crippen MR) is 138 cm³/mol. The van der Waals surface area contributed by atoms with E-state index in [-0.39, 0.29) is 19.8 Å². The topological polar surface area (TPSA) is 63.9 Å². The van der Waals surface area contributed by atoms with Crippen LogP contribution in [0.15, 0.2) is 0 Å². The van der Waals surface area contributed by atoms with E-state index in [0.717, 1.165) is 30.5 Å². The highest BCUT2D eigenvalue weighted by molar-refractivity contribution is 4.58. The van der Waals surface area contributed by atoms with Crippen molar-refractivity contribution in [2.75, 3.05) is 65.6 Å². The van der Waals surface area contributed by atoms with Gasteiger partial charge in [-0.05, 0) is 25.7 Å². The van der Waals surface area contributed by atoms with E-state index in [1.165, 1.54) is 103 Å². The summed E-state index contributed by atoms with van der Waals surface area (Å²) in [5.74, 6) is 0. The van der Waals surface area contributed by atoms with E-state index in [0.29, 0.717) is 13.1 Å². The molecule has 0 saturated heterocycles. The molecule has 0 radical (unpaired) electrons. The van der Waals surface area contributed by atoms with Crippen LogP contribution in [0.4, 0.5) is 0 Å². The van der Waals surface area contributed by atoms with E-state index in [2.05, 4.69) is 18.7 Å². The van der Waals surface area contributed by atoms with Gasteiger partial charge in [0, 0.05) is 26.1 Å². The maximum atomic E-state index is 9.88. The van der Waals surface area contributed by atoms with Gasteiger partial charge in [0.05, 0.1) is 39.5 Å². The van der Waals surface area contributed by atoms with Gasteiger partial charge in [-0.3, -0.25) is 4.90 Å². The van der Waals surface area contributed by atoms with Crippen molar-refractivity contribution < 1.29 is 19.8 Å². The fourth-order valence-electron chi connectivity index (χ4n) is 4.94. The van der Waals surface area contributed by atoms with Crippen LogP contribution in [0.1, 0.15) is 110 Å². The minimum absolute atomic E-state index is 0.145. The number of aliphatic hydroxyl groups is 3. The summed E-state index contributed by atoms with van der Waals surface area (Å²) in [4.78, 5) is 2.16. The number of rotatable bonds is 26. The fraction of sp³-hybridized carbons (Fsp3) is 1.00. The van der Waals surface area contributed by atoms with Crippen LogP contribution in [0.2, 0.25) is 0 Å². The zero-order chi connectivity index (χ0) is 23.8. The predicted octanol–water partition coefficient (Wildman–Crippen LogP) is 4.97. The fourth-order valence-corrected chi connectivity index (χ4v) is 4.94. The molecule has 0 fully saturated rings. The molecule has 0 aromatic heterocycles. The van der Waals surface area contributed by atoms with E-state index in [1.807, 2.05) is 0 Å². The van der Waals surface area contributed by atoms with Gasteiger partial charge in [0.2, 0.25) is 0 Å². The summed E-state index contributed by atoms with van der Waals surface area (Å²) in [5, 5.41) is 28.5. The number of aliphatic hydroxyl groups excluding tert-OH is 3. The summed E-state index contributed by atoms with van der Waals surface area (Å²) in [5.41, 5.74) is 0. The molecule has 1 atom stereocenters. The van der Waals surface area contributed by atoms with Gasteiger partial charge < -0.3 is 19.8 Å². The summed E-state index contributed by atoms with van der Waals surface area (Å²) in [6.07, 6.45) is 19.7. The second-order valence-electron chi connectivity index (χ2n) is 9.84. The van der Waals surface area contributed by atoms with Crippen molar-refractivity contribution in [3.63, 3.8) is 0 Å². The molecule has 0 heterocycles. The molecule has 0 aliphatic rings. The van der Waals surface area contributed by atoms with E-state index in [4.69, 9.17) is 0 Å². The minimum Gasteiger partial charge on any atom is -0.395 e. The highest BCUT2D eigenvalue weighted by atomic mass is 16.3. The molecule has 0 rings (SSSR count). The van der Waals surface area contributed by atoms with Crippen LogP contribution in [0.3, 0.4) is 0 Å². The van der Waals surface area contributed by atoms with Gasteiger partial charge in [0.1, 0.15) is 6.54 Å². The lowest BCUT2D eigenvalue weighted by atomic mass is 10.1. The summed E-state index contributed by atoms with van der Waals surface area (Å²) in [7, 11) is 0. The van der Waals surface area contributed by atoms with Gasteiger partial charge >= 0.3 is 0 Å². The smallest absolute Gasteiger partial charge is 0.102 e.